The molecule has 0 amide bonds. The van der Waals surface area contributed by atoms with Gasteiger partial charge in [-0.3, -0.25) is 14.2 Å². The first-order valence-corrected chi connectivity index (χ1v) is 5.82. The third-order valence-corrected chi connectivity index (χ3v) is 2.94. The zero-order valence-electron chi connectivity index (χ0n) is 10.4. The number of hydrogen-bond acceptors (Lipinski definition) is 2. The molecule has 0 radical (unpaired) electrons. The minimum atomic E-state index is -0.952. The van der Waals surface area contributed by atoms with Gasteiger partial charge in [-0.2, -0.15) is 0 Å². The van der Waals surface area contributed by atoms with Crippen molar-refractivity contribution in [2.45, 2.75) is 26.7 Å². The van der Waals surface area contributed by atoms with Gasteiger partial charge < -0.3 is 5.11 Å². The SMILES string of the molecule is Cc1cc(C)c2c(ccn2C(=O)CCC(=O)O)c1. The van der Waals surface area contributed by atoms with Gasteiger partial charge in [-0.15, -0.1) is 0 Å². The maximum absolute atomic E-state index is 12.0. The van der Waals surface area contributed by atoms with Crippen LogP contribution in [0.3, 0.4) is 0 Å². The monoisotopic (exact) mass is 245 g/mol. The fraction of sp³-hybridized carbons (Fsp3) is 0.286. The van der Waals surface area contributed by atoms with Crippen LogP contribution in [0.5, 0.6) is 0 Å². The van der Waals surface area contributed by atoms with Gasteiger partial charge in [0.25, 0.3) is 0 Å². The van der Waals surface area contributed by atoms with Crippen molar-refractivity contribution < 1.29 is 14.7 Å². The lowest BCUT2D eigenvalue weighted by Gasteiger charge is -2.06. The van der Waals surface area contributed by atoms with E-state index in [4.69, 9.17) is 5.11 Å². The molecule has 0 fully saturated rings. The number of carboxylic acid groups (broad SMARTS) is 1. The van der Waals surface area contributed by atoms with Gasteiger partial charge in [0.1, 0.15) is 0 Å². The molecule has 0 unspecified atom stereocenters. The molecule has 0 aliphatic heterocycles. The second kappa shape index (κ2) is 4.64. The minimum Gasteiger partial charge on any atom is -0.481 e. The third kappa shape index (κ3) is 2.27. The van der Waals surface area contributed by atoms with Crippen molar-refractivity contribution in [2.75, 3.05) is 0 Å². The van der Waals surface area contributed by atoms with E-state index in [1.54, 1.807) is 10.8 Å². The van der Waals surface area contributed by atoms with E-state index in [0.717, 1.165) is 22.0 Å². The van der Waals surface area contributed by atoms with Gasteiger partial charge in [0.05, 0.1) is 11.9 Å². The van der Waals surface area contributed by atoms with Crippen LogP contribution in [0.25, 0.3) is 10.9 Å². The third-order valence-electron chi connectivity index (χ3n) is 2.94. The average Bonchev–Trinajstić information content (AvgIpc) is 2.69. The van der Waals surface area contributed by atoms with Crippen molar-refractivity contribution in [1.82, 2.24) is 4.57 Å². The van der Waals surface area contributed by atoms with Crippen molar-refractivity contribution in [2.24, 2.45) is 0 Å². The molecule has 1 heterocycles. The minimum absolute atomic E-state index is 0.0203. The quantitative estimate of drug-likeness (QED) is 0.904. The predicted octanol–water partition coefficient (Wildman–Crippen LogP) is 2.76. The second-order valence-corrected chi connectivity index (χ2v) is 4.49. The van der Waals surface area contributed by atoms with Crippen molar-refractivity contribution >= 4 is 22.8 Å². The number of hydrogen-bond donors (Lipinski definition) is 1. The Morgan fingerprint density at radius 3 is 2.61 bits per heavy atom. The van der Waals surface area contributed by atoms with Gasteiger partial charge in [-0.1, -0.05) is 11.6 Å². The summed E-state index contributed by atoms with van der Waals surface area (Å²) in [5.74, 6) is -1.13. The summed E-state index contributed by atoms with van der Waals surface area (Å²) in [6.45, 7) is 3.96. The van der Waals surface area contributed by atoms with Gasteiger partial charge in [-0.25, -0.2) is 0 Å². The largest absolute Gasteiger partial charge is 0.481 e. The van der Waals surface area contributed by atoms with Gasteiger partial charge >= 0.3 is 5.97 Å². The Labute approximate surface area is 105 Å². The lowest BCUT2D eigenvalue weighted by atomic mass is 10.1. The number of rotatable bonds is 3. The highest BCUT2D eigenvalue weighted by Gasteiger charge is 2.12. The Morgan fingerprint density at radius 2 is 1.94 bits per heavy atom. The summed E-state index contributed by atoms with van der Waals surface area (Å²) in [6.07, 6.45) is 1.59. The summed E-state index contributed by atoms with van der Waals surface area (Å²) < 4.78 is 1.55. The summed E-state index contributed by atoms with van der Waals surface area (Å²) in [5.41, 5.74) is 3.05. The predicted molar refractivity (Wildman–Crippen MR) is 68.9 cm³/mol. The van der Waals surface area contributed by atoms with Gasteiger partial charge in [0.15, 0.2) is 0 Å². The number of fused-ring (bicyclic) bond motifs is 1. The Morgan fingerprint density at radius 1 is 1.22 bits per heavy atom. The molecule has 1 aromatic carbocycles. The average molecular weight is 245 g/mol. The summed E-state index contributed by atoms with van der Waals surface area (Å²) in [5, 5.41) is 9.61. The van der Waals surface area contributed by atoms with E-state index in [0.29, 0.717) is 0 Å². The molecule has 0 aliphatic rings. The molecule has 0 saturated carbocycles. The maximum Gasteiger partial charge on any atom is 0.303 e. The van der Waals surface area contributed by atoms with E-state index in [1.807, 2.05) is 32.0 Å². The summed E-state index contributed by atoms with van der Waals surface area (Å²) in [6, 6.07) is 5.92. The molecule has 0 aliphatic carbocycles. The number of aliphatic carboxylic acids is 1. The van der Waals surface area contributed by atoms with E-state index >= 15 is 0 Å². The molecule has 2 aromatic rings. The highest BCUT2D eigenvalue weighted by Crippen LogP contribution is 2.22. The summed E-state index contributed by atoms with van der Waals surface area (Å²) in [7, 11) is 0. The summed E-state index contributed by atoms with van der Waals surface area (Å²) >= 11 is 0. The number of benzene rings is 1. The van der Waals surface area contributed by atoms with E-state index in [1.165, 1.54) is 0 Å². The first-order chi connectivity index (χ1) is 8.49. The van der Waals surface area contributed by atoms with Crippen LogP contribution in [0.4, 0.5) is 0 Å². The van der Waals surface area contributed by atoms with Gasteiger partial charge in [0.2, 0.25) is 5.91 Å². The van der Waals surface area contributed by atoms with Crippen LogP contribution in [0.2, 0.25) is 0 Å². The normalized spacial score (nSPS) is 10.8. The second-order valence-electron chi connectivity index (χ2n) is 4.49. The molecule has 0 bridgehead atoms. The Hall–Kier alpha value is -2.10. The van der Waals surface area contributed by atoms with Crippen LogP contribution in [0.15, 0.2) is 24.4 Å². The lowest BCUT2D eigenvalue weighted by Crippen LogP contribution is -2.11. The van der Waals surface area contributed by atoms with Crippen LogP contribution >= 0.6 is 0 Å². The standard InChI is InChI=1S/C14H15NO3/c1-9-7-10(2)14-11(8-9)5-6-15(14)12(16)3-4-13(17)18/h5-8H,3-4H2,1-2H3,(H,17,18). The van der Waals surface area contributed by atoms with Crippen molar-refractivity contribution in [3.63, 3.8) is 0 Å². The lowest BCUT2D eigenvalue weighted by molar-refractivity contribution is -0.136. The number of carbonyl (C=O) groups excluding carboxylic acids is 1. The van der Waals surface area contributed by atoms with E-state index < -0.39 is 5.97 Å². The first-order valence-electron chi connectivity index (χ1n) is 5.82. The molecule has 0 atom stereocenters. The molecule has 18 heavy (non-hydrogen) atoms. The highest BCUT2D eigenvalue weighted by atomic mass is 16.4. The number of carbonyl (C=O) groups is 2. The molecular weight excluding hydrogens is 230 g/mol. The molecule has 0 saturated heterocycles. The number of aromatic nitrogens is 1. The van der Waals surface area contributed by atoms with Crippen LogP contribution in [-0.4, -0.2) is 21.6 Å². The van der Waals surface area contributed by atoms with Crippen LogP contribution in [0, 0.1) is 13.8 Å². The molecule has 2 rings (SSSR count). The van der Waals surface area contributed by atoms with Crippen LogP contribution in [-0.2, 0) is 4.79 Å². The Kier molecular flexibility index (Phi) is 3.19. The maximum atomic E-state index is 12.0. The molecular formula is C14H15NO3. The summed E-state index contributed by atoms with van der Waals surface area (Å²) in [4.78, 5) is 22.4. The van der Waals surface area contributed by atoms with Crippen molar-refractivity contribution in [3.8, 4) is 0 Å². The molecule has 4 nitrogen and oxygen atoms in total. The number of carboxylic acids is 1. The van der Waals surface area contributed by atoms with Crippen LogP contribution < -0.4 is 0 Å². The smallest absolute Gasteiger partial charge is 0.303 e. The molecule has 94 valence electrons. The number of aryl methyl sites for hydroxylation is 2. The van der Waals surface area contributed by atoms with Crippen molar-refractivity contribution in [1.29, 1.82) is 0 Å². The Balaban J connectivity index is 2.40. The van der Waals surface area contributed by atoms with Gasteiger partial charge in [0, 0.05) is 18.0 Å². The zero-order valence-corrected chi connectivity index (χ0v) is 10.4. The molecule has 1 N–H and O–H groups in total. The van der Waals surface area contributed by atoms with E-state index in [2.05, 4.69) is 0 Å². The topological polar surface area (TPSA) is 59.3 Å². The van der Waals surface area contributed by atoms with E-state index in [9.17, 15) is 9.59 Å². The Bertz CT molecular complexity index is 625. The highest BCUT2D eigenvalue weighted by molar-refractivity contribution is 5.95. The fourth-order valence-electron chi connectivity index (χ4n) is 2.22. The molecule has 1 aromatic heterocycles. The first kappa shape index (κ1) is 12.4. The van der Waals surface area contributed by atoms with E-state index in [-0.39, 0.29) is 18.7 Å². The fourth-order valence-corrected chi connectivity index (χ4v) is 2.22. The molecule has 4 heteroatoms. The molecule has 0 spiro atoms. The number of nitrogens with zero attached hydrogens (tertiary/aromatic N) is 1. The van der Waals surface area contributed by atoms with Crippen LogP contribution in [0.1, 0.15) is 28.8 Å². The van der Waals surface area contributed by atoms with Crippen molar-refractivity contribution in [3.05, 3.63) is 35.5 Å². The zero-order chi connectivity index (χ0) is 13.3. The van der Waals surface area contributed by atoms with Gasteiger partial charge in [-0.05, 0) is 31.5 Å².